The van der Waals surface area contributed by atoms with Crippen molar-refractivity contribution >= 4 is 11.6 Å². The van der Waals surface area contributed by atoms with Crippen LogP contribution in [0.4, 0.5) is 5.69 Å². The molecule has 1 aromatic carbocycles. The van der Waals surface area contributed by atoms with Gasteiger partial charge in [-0.15, -0.1) is 0 Å². The van der Waals surface area contributed by atoms with Crippen LogP contribution in [0.25, 0.3) is 0 Å². The highest BCUT2D eigenvalue weighted by molar-refractivity contribution is 5.95. The number of benzene rings is 1. The molecule has 0 aliphatic heterocycles. The van der Waals surface area contributed by atoms with Gasteiger partial charge in [0.2, 0.25) is 0 Å². The van der Waals surface area contributed by atoms with E-state index in [-0.39, 0.29) is 23.4 Å². The lowest BCUT2D eigenvalue weighted by atomic mass is 9.92. The second-order valence-corrected chi connectivity index (χ2v) is 5.85. The minimum Gasteiger partial charge on any atom is -0.506 e. The van der Waals surface area contributed by atoms with E-state index in [0.29, 0.717) is 11.0 Å². The Morgan fingerprint density at radius 2 is 2.22 bits per heavy atom. The van der Waals surface area contributed by atoms with Gasteiger partial charge < -0.3 is 16.2 Å². The Morgan fingerprint density at radius 1 is 1.50 bits per heavy atom. The van der Waals surface area contributed by atoms with Crippen LogP contribution >= 0.6 is 0 Å². The molecule has 0 heterocycles. The van der Waals surface area contributed by atoms with Gasteiger partial charge in [-0.1, -0.05) is 13.8 Å². The second kappa shape index (κ2) is 4.52. The van der Waals surface area contributed by atoms with E-state index in [1.165, 1.54) is 6.07 Å². The van der Waals surface area contributed by atoms with Crippen molar-refractivity contribution in [2.45, 2.75) is 39.2 Å². The van der Waals surface area contributed by atoms with E-state index < -0.39 is 0 Å². The van der Waals surface area contributed by atoms with Crippen molar-refractivity contribution in [1.29, 1.82) is 0 Å². The molecule has 1 atom stereocenters. The molecule has 4 heteroatoms. The molecule has 0 spiro atoms. The van der Waals surface area contributed by atoms with Gasteiger partial charge in [-0.3, -0.25) is 4.79 Å². The lowest BCUT2D eigenvalue weighted by molar-refractivity contribution is 0.0935. The molecule has 1 unspecified atom stereocenters. The molecule has 1 saturated carbocycles. The van der Waals surface area contributed by atoms with Crippen LogP contribution in [-0.2, 0) is 0 Å². The summed E-state index contributed by atoms with van der Waals surface area (Å²) in [5.41, 5.74) is 6.55. The maximum absolute atomic E-state index is 12.0. The van der Waals surface area contributed by atoms with Crippen molar-refractivity contribution < 1.29 is 9.90 Å². The average Bonchev–Trinajstić information content (AvgIpc) is 2.62. The van der Waals surface area contributed by atoms with Crippen LogP contribution < -0.4 is 11.1 Å². The monoisotopic (exact) mass is 248 g/mol. The largest absolute Gasteiger partial charge is 0.506 e. The van der Waals surface area contributed by atoms with Crippen LogP contribution in [0.3, 0.4) is 0 Å². The average molecular weight is 248 g/mol. The fourth-order valence-electron chi connectivity index (χ4n) is 2.51. The van der Waals surface area contributed by atoms with Crippen LogP contribution in [0.15, 0.2) is 18.2 Å². The van der Waals surface area contributed by atoms with E-state index in [9.17, 15) is 9.90 Å². The molecule has 1 aromatic rings. The Bertz CT molecular complexity index is 469. The number of hydrogen-bond donors (Lipinski definition) is 3. The molecule has 1 aliphatic rings. The van der Waals surface area contributed by atoms with Crippen LogP contribution in [0, 0.1) is 5.41 Å². The minimum atomic E-state index is -0.145. The summed E-state index contributed by atoms with van der Waals surface area (Å²) in [6.07, 6.45) is 3.14. The van der Waals surface area contributed by atoms with E-state index >= 15 is 0 Å². The molecule has 0 saturated heterocycles. The molecule has 0 aromatic heterocycles. The minimum absolute atomic E-state index is 0.0469. The molecule has 4 nitrogen and oxygen atoms in total. The summed E-state index contributed by atoms with van der Waals surface area (Å²) in [4.78, 5) is 12.0. The molecule has 1 amide bonds. The third-order valence-corrected chi connectivity index (χ3v) is 3.60. The van der Waals surface area contributed by atoms with E-state index in [0.717, 1.165) is 19.3 Å². The van der Waals surface area contributed by atoms with Crippen molar-refractivity contribution in [1.82, 2.24) is 5.32 Å². The predicted octanol–water partition coefficient (Wildman–Crippen LogP) is 2.28. The number of carbonyl (C=O) groups excluding carboxylic acids is 1. The van der Waals surface area contributed by atoms with E-state index in [1.807, 2.05) is 0 Å². The predicted molar refractivity (Wildman–Crippen MR) is 71.4 cm³/mol. The smallest absolute Gasteiger partial charge is 0.251 e. The van der Waals surface area contributed by atoms with E-state index in [2.05, 4.69) is 19.2 Å². The van der Waals surface area contributed by atoms with Crippen molar-refractivity contribution in [3.63, 3.8) is 0 Å². The number of phenols is 1. The zero-order valence-corrected chi connectivity index (χ0v) is 10.9. The second-order valence-electron chi connectivity index (χ2n) is 5.85. The molecule has 0 radical (unpaired) electrons. The molecule has 1 fully saturated rings. The number of anilines is 1. The van der Waals surface area contributed by atoms with Crippen molar-refractivity contribution in [2.75, 3.05) is 5.73 Å². The number of hydrogen-bond acceptors (Lipinski definition) is 3. The molecular weight excluding hydrogens is 228 g/mol. The van der Waals surface area contributed by atoms with Crippen LogP contribution in [0.5, 0.6) is 5.75 Å². The zero-order valence-electron chi connectivity index (χ0n) is 10.9. The summed E-state index contributed by atoms with van der Waals surface area (Å²) < 4.78 is 0. The molecule has 4 N–H and O–H groups in total. The van der Waals surface area contributed by atoms with Gasteiger partial charge in [-0.25, -0.2) is 0 Å². The Hall–Kier alpha value is -1.71. The van der Waals surface area contributed by atoms with Crippen LogP contribution in [0.2, 0.25) is 0 Å². The highest BCUT2D eigenvalue weighted by Gasteiger charge is 2.31. The summed E-state index contributed by atoms with van der Waals surface area (Å²) in [6.45, 7) is 4.43. The zero-order chi connectivity index (χ0) is 13.3. The van der Waals surface area contributed by atoms with Crippen LogP contribution in [0.1, 0.15) is 43.5 Å². The Morgan fingerprint density at radius 3 is 2.78 bits per heavy atom. The van der Waals surface area contributed by atoms with Gasteiger partial charge in [0.1, 0.15) is 5.75 Å². The van der Waals surface area contributed by atoms with Gasteiger partial charge in [-0.2, -0.15) is 0 Å². The number of nitrogens with two attached hydrogens (primary N) is 1. The number of nitrogens with one attached hydrogen (secondary N) is 1. The van der Waals surface area contributed by atoms with Crippen LogP contribution in [-0.4, -0.2) is 17.1 Å². The first-order valence-corrected chi connectivity index (χ1v) is 6.27. The van der Waals surface area contributed by atoms with E-state index in [1.54, 1.807) is 12.1 Å². The SMILES string of the molecule is CC1(C)CCC(NC(=O)c2ccc(N)c(O)c2)C1. The van der Waals surface area contributed by atoms with Gasteiger partial charge in [0, 0.05) is 11.6 Å². The Kier molecular flexibility index (Phi) is 3.20. The molecule has 2 rings (SSSR count). The summed E-state index contributed by atoms with van der Waals surface area (Å²) in [7, 11) is 0. The summed E-state index contributed by atoms with van der Waals surface area (Å²) in [6, 6.07) is 4.81. The first-order valence-electron chi connectivity index (χ1n) is 6.27. The van der Waals surface area contributed by atoms with Gasteiger partial charge in [0.25, 0.3) is 5.91 Å². The third-order valence-electron chi connectivity index (χ3n) is 3.60. The highest BCUT2D eigenvalue weighted by atomic mass is 16.3. The maximum atomic E-state index is 12.0. The summed E-state index contributed by atoms with van der Waals surface area (Å²) in [5.74, 6) is -0.192. The van der Waals surface area contributed by atoms with Gasteiger partial charge in [0.15, 0.2) is 0 Å². The topological polar surface area (TPSA) is 75.4 Å². The number of rotatable bonds is 2. The standard InChI is InChI=1S/C14H20N2O2/c1-14(2)6-5-10(8-14)16-13(18)9-3-4-11(15)12(17)7-9/h3-4,7,10,17H,5-6,8,15H2,1-2H3,(H,16,18). The molecule has 18 heavy (non-hydrogen) atoms. The lowest BCUT2D eigenvalue weighted by Crippen LogP contribution is -2.33. The quantitative estimate of drug-likeness (QED) is 0.555. The first-order chi connectivity index (χ1) is 8.37. The molecule has 1 aliphatic carbocycles. The molecule has 98 valence electrons. The number of aromatic hydroxyl groups is 1. The van der Waals surface area contributed by atoms with Gasteiger partial charge >= 0.3 is 0 Å². The summed E-state index contributed by atoms with van der Waals surface area (Å²) in [5, 5.41) is 12.5. The number of phenolic OH excluding ortho intramolecular Hbond substituents is 1. The number of carbonyl (C=O) groups is 1. The number of nitrogen functional groups attached to an aromatic ring is 1. The van der Waals surface area contributed by atoms with Crippen molar-refractivity contribution in [2.24, 2.45) is 5.41 Å². The van der Waals surface area contributed by atoms with Crippen molar-refractivity contribution in [3.05, 3.63) is 23.8 Å². The number of amides is 1. The highest BCUT2D eigenvalue weighted by Crippen LogP contribution is 2.37. The normalized spacial score (nSPS) is 21.8. The third kappa shape index (κ3) is 2.75. The fourth-order valence-corrected chi connectivity index (χ4v) is 2.51. The Labute approximate surface area is 107 Å². The van der Waals surface area contributed by atoms with Crippen molar-refractivity contribution in [3.8, 4) is 5.75 Å². The lowest BCUT2D eigenvalue weighted by Gasteiger charge is -2.18. The first kappa shape index (κ1) is 12.7. The Balaban J connectivity index is 2.02. The maximum Gasteiger partial charge on any atom is 0.251 e. The summed E-state index contributed by atoms with van der Waals surface area (Å²) >= 11 is 0. The van der Waals surface area contributed by atoms with E-state index in [4.69, 9.17) is 5.73 Å². The fraction of sp³-hybridized carbons (Fsp3) is 0.500. The van der Waals surface area contributed by atoms with Gasteiger partial charge in [-0.05, 0) is 42.9 Å². The molecular formula is C14H20N2O2. The molecule has 0 bridgehead atoms. The van der Waals surface area contributed by atoms with Gasteiger partial charge in [0.05, 0.1) is 5.69 Å².